The van der Waals surface area contributed by atoms with Gasteiger partial charge in [0.15, 0.2) is 5.13 Å². The normalized spacial score (nSPS) is 10.6. The van der Waals surface area contributed by atoms with E-state index in [2.05, 4.69) is 15.6 Å². The highest BCUT2D eigenvalue weighted by Gasteiger charge is 2.13. The molecule has 0 saturated heterocycles. The Bertz CT molecular complexity index is 959. The molecule has 2 amide bonds. The van der Waals surface area contributed by atoms with E-state index in [4.69, 9.17) is 0 Å². The molecule has 7 heteroatoms. The minimum Gasteiger partial charge on any atom is -0.351 e. The SMILES string of the molecule is CC(=O)NCc1ccc(-c2csc(NC(=O)c3ccc(C)cc3C)n2)s1. The first-order chi connectivity index (χ1) is 12.4. The number of aryl methyl sites for hydroxylation is 2. The highest BCUT2D eigenvalue weighted by Crippen LogP contribution is 2.31. The summed E-state index contributed by atoms with van der Waals surface area (Å²) in [4.78, 5) is 30.0. The Balaban J connectivity index is 1.70. The third kappa shape index (κ3) is 4.36. The molecule has 2 aromatic heterocycles. The van der Waals surface area contributed by atoms with Crippen molar-refractivity contribution in [2.24, 2.45) is 0 Å². The zero-order valence-electron chi connectivity index (χ0n) is 14.8. The van der Waals surface area contributed by atoms with Gasteiger partial charge in [0.25, 0.3) is 5.91 Å². The van der Waals surface area contributed by atoms with Crippen molar-refractivity contribution >= 4 is 39.6 Å². The lowest BCUT2D eigenvalue weighted by Crippen LogP contribution is -2.17. The van der Waals surface area contributed by atoms with Gasteiger partial charge in [0.05, 0.1) is 17.1 Å². The number of thiophene rings is 1. The van der Waals surface area contributed by atoms with Gasteiger partial charge in [-0.25, -0.2) is 4.98 Å². The average molecular weight is 386 g/mol. The predicted octanol–water partition coefficient (Wildman–Crippen LogP) is 4.38. The Morgan fingerprint density at radius 1 is 1.15 bits per heavy atom. The van der Waals surface area contributed by atoms with Crippen LogP contribution >= 0.6 is 22.7 Å². The lowest BCUT2D eigenvalue weighted by molar-refractivity contribution is -0.119. The summed E-state index contributed by atoms with van der Waals surface area (Å²) >= 11 is 2.98. The van der Waals surface area contributed by atoms with Crippen LogP contribution in [0.15, 0.2) is 35.7 Å². The standard InChI is InChI=1S/C19H19N3O2S2/c1-11-4-6-15(12(2)8-11)18(24)22-19-21-16(10-25-19)17-7-5-14(26-17)9-20-13(3)23/h4-8,10H,9H2,1-3H3,(H,20,23)(H,21,22,24). The topological polar surface area (TPSA) is 71.1 Å². The van der Waals surface area contributed by atoms with Crippen LogP contribution in [0.3, 0.4) is 0 Å². The van der Waals surface area contributed by atoms with Crippen LogP contribution in [0.2, 0.25) is 0 Å². The maximum Gasteiger partial charge on any atom is 0.257 e. The monoisotopic (exact) mass is 385 g/mol. The number of thiazole rings is 1. The number of amides is 2. The summed E-state index contributed by atoms with van der Waals surface area (Å²) in [6, 6.07) is 9.71. The number of nitrogens with zero attached hydrogens (tertiary/aromatic N) is 1. The molecule has 0 radical (unpaired) electrons. The van der Waals surface area contributed by atoms with Crippen LogP contribution in [-0.4, -0.2) is 16.8 Å². The van der Waals surface area contributed by atoms with Gasteiger partial charge in [0, 0.05) is 22.7 Å². The van der Waals surface area contributed by atoms with E-state index in [9.17, 15) is 9.59 Å². The van der Waals surface area contributed by atoms with Crippen LogP contribution in [0.1, 0.15) is 33.3 Å². The molecule has 0 aliphatic carbocycles. The molecule has 3 aromatic rings. The van der Waals surface area contributed by atoms with Gasteiger partial charge < -0.3 is 5.32 Å². The van der Waals surface area contributed by atoms with Crippen molar-refractivity contribution in [2.45, 2.75) is 27.3 Å². The van der Waals surface area contributed by atoms with Crippen LogP contribution in [0, 0.1) is 13.8 Å². The maximum absolute atomic E-state index is 12.5. The molecule has 26 heavy (non-hydrogen) atoms. The second kappa shape index (κ2) is 7.80. The number of benzene rings is 1. The molecule has 0 atom stereocenters. The van der Waals surface area contributed by atoms with Crippen molar-refractivity contribution in [3.05, 3.63) is 57.3 Å². The Labute approximate surface area is 160 Å². The molecular weight excluding hydrogens is 366 g/mol. The summed E-state index contributed by atoms with van der Waals surface area (Å²) in [5.41, 5.74) is 3.55. The molecule has 0 saturated carbocycles. The minimum absolute atomic E-state index is 0.0509. The number of hydrogen-bond acceptors (Lipinski definition) is 5. The van der Waals surface area contributed by atoms with Crippen LogP contribution in [0.5, 0.6) is 0 Å². The number of aromatic nitrogens is 1. The third-order valence-corrected chi connectivity index (χ3v) is 5.64. The minimum atomic E-state index is -0.152. The first-order valence-corrected chi connectivity index (χ1v) is 9.79. The zero-order chi connectivity index (χ0) is 18.7. The van der Waals surface area contributed by atoms with Crippen molar-refractivity contribution in [2.75, 3.05) is 5.32 Å². The number of nitrogens with one attached hydrogen (secondary N) is 2. The largest absolute Gasteiger partial charge is 0.351 e. The van der Waals surface area contributed by atoms with Gasteiger partial charge in [-0.1, -0.05) is 17.7 Å². The number of carbonyl (C=O) groups excluding carboxylic acids is 2. The van der Waals surface area contributed by atoms with E-state index < -0.39 is 0 Å². The van der Waals surface area contributed by atoms with E-state index in [1.54, 1.807) is 11.3 Å². The first kappa shape index (κ1) is 18.3. The molecule has 2 heterocycles. The fourth-order valence-electron chi connectivity index (χ4n) is 2.50. The average Bonchev–Trinajstić information content (AvgIpc) is 3.21. The van der Waals surface area contributed by atoms with Crippen molar-refractivity contribution in [3.8, 4) is 10.6 Å². The van der Waals surface area contributed by atoms with E-state index in [1.807, 2.05) is 49.6 Å². The Morgan fingerprint density at radius 2 is 1.96 bits per heavy atom. The van der Waals surface area contributed by atoms with E-state index in [0.717, 1.165) is 26.6 Å². The summed E-state index contributed by atoms with van der Waals surface area (Å²) < 4.78 is 0. The van der Waals surface area contributed by atoms with E-state index in [1.165, 1.54) is 18.3 Å². The number of rotatable bonds is 5. The van der Waals surface area contributed by atoms with Gasteiger partial charge in [-0.15, -0.1) is 22.7 Å². The lowest BCUT2D eigenvalue weighted by atomic mass is 10.1. The van der Waals surface area contributed by atoms with Gasteiger partial charge in [0.1, 0.15) is 0 Å². The fourth-order valence-corrected chi connectivity index (χ4v) is 4.19. The summed E-state index contributed by atoms with van der Waals surface area (Å²) in [7, 11) is 0. The molecule has 0 unspecified atom stereocenters. The second-order valence-corrected chi connectivity index (χ2v) is 8.01. The molecule has 134 valence electrons. The fraction of sp³-hybridized carbons (Fsp3) is 0.211. The highest BCUT2D eigenvalue weighted by atomic mass is 32.1. The number of hydrogen-bond donors (Lipinski definition) is 2. The third-order valence-electron chi connectivity index (χ3n) is 3.78. The van der Waals surface area contributed by atoms with Crippen LogP contribution in [-0.2, 0) is 11.3 Å². The molecule has 3 rings (SSSR count). The van der Waals surface area contributed by atoms with Gasteiger partial charge >= 0.3 is 0 Å². The molecule has 2 N–H and O–H groups in total. The van der Waals surface area contributed by atoms with Crippen molar-refractivity contribution in [3.63, 3.8) is 0 Å². The Hall–Kier alpha value is -2.51. The van der Waals surface area contributed by atoms with Gasteiger partial charge in [0.2, 0.25) is 5.91 Å². The molecule has 1 aromatic carbocycles. The molecular formula is C19H19N3O2S2. The Morgan fingerprint density at radius 3 is 2.69 bits per heavy atom. The Kier molecular flexibility index (Phi) is 5.49. The molecule has 5 nitrogen and oxygen atoms in total. The van der Waals surface area contributed by atoms with E-state index in [-0.39, 0.29) is 11.8 Å². The maximum atomic E-state index is 12.5. The van der Waals surface area contributed by atoms with Crippen molar-refractivity contribution in [1.82, 2.24) is 10.3 Å². The molecule has 0 fully saturated rings. The smallest absolute Gasteiger partial charge is 0.257 e. The van der Waals surface area contributed by atoms with Gasteiger partial charge in [-0.3, -0.25) is 14.9 Å². The van der Waals surface area contributed by atoms with Crippen molar-refractivity contribution < 1.29 is 9.59 Å². The molecule has 0 spiro atoms. The molecule has 0 bridgehead atoms. The second-order valence-electron chi connectivity index (χ2n) is 5.99. The predicted molar refractivity (Wildman–Crippen MR) is 107 cm³/mol. The number of anilines is 1. The van der Waals surface area contributed by atoms with E-state index >= 15 is 0 Å². The summed E-state index contributed by atoms with van der Waals surface area (Å²) in [5.74, 6) is -0.203. The quantitative estimate of drug-likeness (QED) is 0.685. The highest BCUT2D eigenvalue weighted by molar-refractivity contribution is 7.17. The summed E-state index contributed by atoms with van der Waals surface area (Å²) in [6.07, 6.45) is 0. The van der Waals surface area contributed by atoms with Crippen LogP contribution < -0.4 is 10.6 Å². The van der Waals surface area contributed by atoms with Crippen molar-refractivity contribution in [1.29, 1.82) is 0 Å². The summed E-state index contributed by atoms with van der Waals surface area (Å²) in [6.45, 7) is 5.94. The van der Waals surface area contributed by atoms with E-state index in [0.29, 0.717) is 17.2 Å². The molecule has 0 aliphatic rings. The van der Waals surface area contributed by atoms with Gasteiger partial charge in [-0.2, -0.15) is 0 Å². The first-order valence-electron chi connectivity index (χ1n) is 8.10. The van der Waals surface area contributed by atoms with Crippen LogP contribution in [0.4, 0.5) is 5.13 Å². The zero-order valence-corrected chi connectivity index (χ0v) is 16.4. The summed E-state index contributed by atoms with van der Waals surface area (Å²) in [5, 5.41) is 8.15. The molecule has 0 aliphatic heterocycles. The lowest BCUT2D eigenvalue weighted by Gasteiger charge is -2.06. The van der Waals surface area contributed by atoms with Crippen LogP contribution in [0.25, 0.3) is 10.6 Å². The van der Waals surface area contributed by atoms with Gasteiger partial charge in [-0.05, 0) is 37.6 Å². The number of carbonyl (C=O) groups is 2.